The first-order valence-corrected chi connectivity index (χ1v) is 12.9. The van der Waals surface area contributed by atoms with Crippen LogP contribution < -0.4 is 4.74 Å². The second-order valence-electron chi connectivity index (χ2n) is 8.76. The van der Waals surface area contributed by atoms with Gasteiger partial charge in [0, 0.05) is 6.54 Å². The van der Waals surface area contributed by atoms with Crippen molar-refractivity contribution in [1.29, 1.82) is 0 Å². The fourth-order valence-corrected chi connectivity index (χ4v) is 4.78. The number of hydrogen-bond acceptors (Lipinski definition) is 4. The third-order valence-electron chi connectivity index (χ3n) is 5.26. The van der Waals surface area contributed by atoms with Gasteiger partial charge in [-0.2, -0.15) is 0 Å². The van der Waals surface area contributed by atoms with Crippen molar-refractivity contribution in [2.75, 3.05) is 6.54 Å². The van der Waals surface area contributed by atoms with Gasteiger partial charge in [-0.15, -0.1) is 0 Å². The summed E-state index contributed by atoms with van der Waals surface area (Å²) in [7, 11) is 0. The van der Waals surface area contributed by atoms with Crippen LogP contribution in [-0.4, -0.2) is 22.5 Å². The number of nitrogens with zero attached hydrogens (tertiary/aromatic N) is 2. The molecule has 0 radical (unpaired) electrons. The van der Waals surface area contributed by atoms with Crippen LogP contribution in [0.1, 0.15) is 30.5 Å². The molecule has 7 heteroatoms. The van der Waals surface area contributed by atoms with E-state index in [1.807, 2.05) is 67.6 Å². The van der Waals surface area contributed by atoms with Crippen LogP contribution in [-0.2, 0) is 11.4 Å². The Bertz CT molecular complexity index is 1270. The number of ether oxygens (including phenoxy) is 1. The molecule has 0 aliphatic carbocycles. The van der Waals surface area contributed by atoms with Gasteiger partial charge in [-0.1, -0.05) is 72.9 Å². The van der Waals surface area contributed by atoms with E-state index < -0.39 is 0 Å². The standard InChI is InChI=1S/C28H26Cl2N2O2S/c1-18(2)16-32-27(33)26(35-28(32)31-22-9-4-19(3)5-10-22)15-20-6-11-23(12-7-20)34-17-21-8-13-24(29)25(30)14-21/h4-15,18H,16-17H2,1-3H3/b26-15+,31-28?. The molecule has 180 valence electrons. The Hall–Kier alpha value is -2.73. The van der Waals surface area contributed by atoms with E-state index in [2.05, 4.69) is 13.8 Å². The molecule has 1 aliphatic rings. The van der Waals surface area contributed by atoms with E-state index in [4.69, 9.17) is 32.9 Å². The first kappa shape index (κ1) is 25.4. The zero-order valence-corrected chi connectivity index (χ0v) is 22.1. The molecule has 0 aromatic heterocycles. The molecule has 3 aromatic rings. The van der Waals surface area contributed by atoms with E-state index >= 15 is 0 Å². The molecular weight excluding hydrogens is 499 g/mol. The Kier molecular flexibility index (Phi) is 8.22. The predicted octanol–water partition coefficient (Wildman–Crippen LogP) is 8.14. The predicted molar refractivity (Wildman–Crippen MR) is 148 cm³/mol. The summed E-state index contributed by atoms with van der Waals surface area (Å²) in [5.41, 5.74) is 3.87. The molecule has 1 saturated heterocycles. The lowest BCUT2D eigenvalue weighted by molar-refractivity contribution is -0.122. The molecule has 1 heterocycles. The van der Waals surface area contributed by atoms with Crippen LogP contribution in [0.4, 0.5) is 5.69 Å². The van der Waals surface area contributed by atoms with Gasteiger partial charge in [-0.05, 0) is 78.2 Å². The highest BCUT2D eigenvalue weighted by Gasteiger charge is 2.33. The van der Waals surface area contributed by atoms with E-state index in [0.29, 0.717) is 39.2 Å². The molecule has 4 rings (SSSR count). The van der Waals surface area contributed by atoms with Gasteiger partial charge in [0.2, 0.25) is 0 Å². The van der Waals surface area contributed by atoms with Gasteiger partial charge in [0.05, 0.1) is 20.6 Å². The van der Waals surface area contributed by atoms with E-state index in [1.54, 1.807) is 17.0 Å². The third kappa shape index (κ3) is 6.69. The number of amidine groups is 1. The molecule has 3 aromatic carbocycles. The maximum atomic E-state index is 13.2. The van der Waals surface area contributed by atoms with Crippen molar-refractivity contribution in [3.05, 3.63) is 98.4 Å². The summed E-state index contributed by atoms with van der Waals surface area (Å²) in [6.45, 7) is 7.24. The third-order valence-corrected chi connectivity index (χ3v) is 7.01. The van der Waals surface area contributed by atoms with Crippen LogP contribution >= 0.6 is 35.0 Å². The second kappa shape index (κ2) is 11.3. The van der Waals surface area contributed by atoms with Crippen molar-refractivity contribution in [2.45, 2.75) is 27.4 Å². The molecule has 0 bridgehead atoms. The van der Waals surface area contributed by atoms with Crippen LogP contribution in [0, 0.1) is 12.8 Å². The lowest BCUT2D eigenvalue weighted by Gasteiger charge is -2.17. The van der Waals surface area contributed by atoms with Gasteiger partial charge in [0.15, 0.2) is 5.17 Å². The quantitative estimate of drug-likeness (QED) is 0.293. The van der Waals surface area contributed by atoms with E-state index in [0.717, 1.165) is 22.6 Å². The van der Waals surface area contributed by atoms with Gasteiger partial charge < -0.3 is 4.74 Å². The van der Waals surface area contributed by atoms with Crippen molar-refractivity contribution in [2.24, 2.45) is 10.9 Å². The molecule has 0 unspecified atom stereocenters. The van der Waals surface area contributed by atoms with Crippen molar-refractivity contribution >= 4 is 57.8 Å². The van der Waals surface area contributed by atoms with Crippen LogP contribution in [0.5, 0.6) is 5.75 Å². The smallest absolute Gasteiger partial charge is 0.266 e. The van der Waals surface area contributed by atoms with E-state index in [1.165, 1.54) is 17.3 Å². The number of aryl methyl sites for hydroxylation is 1. The highest BCUT2D eigenvalue weighted by Crippen LogP contribution is 2.35. The normalized spacial score (nSPS) is 16.1. The van der Waals surface area contributed by atoms with E-state index in [9.17, 15) is 4.79 Å². The Morgan fingerprint density at radius 1 is 1.00 bits per heavy atom. The zero-order valence-electron chi connectivity index (χ0n) is 19.8. The number of halogens is 2. The summed E-state index contributed by atoms with van der Waals surface area (Å²) < 4.78 is 5.86. The minimum atomic E-state index is -0.0190. The number of amides is 1. The molecule has 1 amide bonds. The molecule has 0 saturated carbocycles. The largest absolute Gasteiger partial charge is 0.489 e. The molecular formula is C28H26Cl2N2O2S. The van der Waals surface area contributed by atoms with E-state index in [-0.39, 0.29) is 5.91 Å². The number of carbonyl (C=O) groups excluding carboxylic acids is 1. The monoisotopic (exact) mass is 524 g/mol. The summed E-state index contributed by atoms with van der Waals surface area (Å²) in [5, 5.41) is 1.73. The topological polar surface area (TPSA) is 41.9 Å². The average molecular weight is 526 g/mol. The minimum absolute atomic E-state index is 0.0190. The fraction of sp³-hybridized carbons (Fsp3) is 0.214. The molecule has 0 N–H and O–H groups in total. The fourth-order valence-electron chi connectivity index (χ4n) is 3.45. The SMILES string of the molecule is Cc1ccc(N=C2S/C(=C/c3ccc(OCc4ccc(Cl)c(Cl)c4)cc3)C(=O)N2CC(C)C)cc1. The van der Waals surface area contributed by atoms with Gasteiger partial charge in [0.1, 0.15) is 12.4 Å². The number of thioether (sulfide) groups is 1. The number of aliphatic imine (C=N–C) groups is 1. The summed E-state index contributed by atoms with van der Waals surface area (Å²) in [6.07, 6.45) is 1.90. The summed E-state index contributed by atoms with van der Waals surface area (Å²) in [5.74, 6) is 1.04. The highest BCUT2D eigenvalue weighted by atomic mass is 35.5. The van der Waals surface area contributed by atoms with Gasteiger partial charge >= 0.3 is 0 Å². The Labute approximate surface area is 220 Å². The van der Waals surface area contributed by atoms with Crippen molar-refractivity contribution in [3.8, 4) is 5.75 Å². The molecule has 35 heavy (non-hydrogen) atoms. The maximum absolute atomic E-state index is 13.2. The van der Waals surface area contributed by atoms with Crippen LogP contribution in [0.25, 0.3) is 6.08 Å². The molecule has 0 atom stereocenters. The molecule has 1 aliphatic heterocycles. The molecule has 4 nitrogen and oxygen atoms in total. The number of carbonyl (C=O) groups is 1. The van der Waals surface area contributed by atoms with Crippen LogP contribution in [0.15, 0.2) is 76.6 Å². The number of hydrogen-bond donors (Lipinski definition) is 0. The Morgan fingerprint density at radius 3 is 2.37 bits per heavy atom. The zero-order chi connectivity index (χ0) is 24.9. The lowest BCUT2D eigenvalue weighted by Crippen LogP contribution is -2.32. The van der Waals surface area contributed by atoms with Gasteiger partial charge in [-0.25, -0.2) is 4.99 Å². The number of rotatable bonds is 7. The van der Waals surface area contributed by atoms with Crippen molar-refractivity contribution in [1.82, 2.24) is 4.90 Å². The summed E-state index contributed by atoms with van der Waals surface area (Å²) in [4.78, 5) is 20.4. The van der Waals surface area contributed by atoms with Crippen LogP contribution in [0.3, 0.4) is 0 Å². The van der Waals surface area contributed by atoms with Crippen molar-refractivity contribution in [3.63, 3.8) is 0 Å². The average Bonchev–Trinajstić information content (AvgIpc) is 3.10. The molecule has 1 fully saturated rings. The van der Waals surface area contributed by atoms with Gasteiger partial charge in [0.25, 0.3) is 5.91 Å². The maximum Gasteiger partial charge on any atom is 0.266 e. The van der Waals surface area contributed by atoms with Gasteiger partial charge in [-0.3, -0.25) is 9.69 Å². The lowest BCUT2D eigenvalue weighted by atomic mass is 10.2. The Balaban J connectivity index is 1.49. The Morgan fingerprint density at radius 2 is 1.71 bits per heavy atom. The summed E-state index contributed by atoms with van der Waals surface area (Å²) >= 11 is 13.5. The number of benzene rings is 3. The second-order valence-corrected chi connectivity index (χ2v) is 10.6. The van der Waals surface area contributed by atoms with Crippen LogP contribution in [0.2, 0.25) is 10.0 Å². The first-order valence-electron chi connectivity index (χ1n) is 11.3. The summed E-state index contributed by atoms with van der Waals surface area (Å²) in [6, 6.07) is 21.1. The minimum Gasteiger partial charge on any atom is -0.489 e. The van der Waals surface area contributed by atoms with Crippen molar-refractivity contribution < 1.29 is 9.53 Å². The molecule has 0 spiro atoms. The first-order chi connectivity index (χ1) is 16.8. The highest BCUT2D eigenvalue weighted by molar-refractivity contribution is 8.18.